The number of H-pyrrole nitrogens is 1. The minimum atomic E-state index is -0.325. The van der Waals surface area contributed by atoms with Gasteiger partial charge in [-0.1, -0.05) is 5.16 Å². The lowest BCUT2D eigenvalue weighted by molar-refractivity contribution is 0.432. The molecule has 0 saturated carbocycles. The van der Waals surface area contributed by atoms with Crippen LogP contribution in [0.3, 0.4) is 0 Å². The van der Waals surface area contributed by atoms with Gasteiger partial charge in [-0.2, -0.15) is 0 Å². The number of halogens is 1. The number of aromatic nitrogens is 2. The smallest absolute Gasteiger partial charge is 0.189 e. The molecule has 5 heteroatoms. The van der Waals surface area contributed by atoms with Gasteiger partial charge in [-0.05, 0) is 31.5 Å². The summed E-state index contributed by atoms with van der Waals surface area (Å²) < 4.78 is 19.1. The van der Waals surface area contributed by atoms with Gasteiger partial charge in [-0.25, -0.2) is 4.39 Å². The quantitative estimate of drug-likeness (QED) is 0.692. The summed E-state index contributed by atoms with van der Waals surface area (Å²) in [7, 11) is 0. The first-order valence-corrected chi connectivity index (χ1v) is 5.57. The van der Waals surface area contributed by atoms with Crippen LogP contribution in [0.1, 0.15) is 11.3 Å². The Morgan fingerprint density at radius 1 is 1.33 bits per heavy atom. The van der Waals surface area contributed by atoms with Gasteiger partial charge >= 0.3 is 0 Å². The molecule has 0 atom stereocenters. The number of nitrogen functional groups attached to an aromatic ring is 1. The van der Waals surface area contributed by atoms with Crippen molar-refractivity contribution in [2.45, 2.75) is 13.8 Å². The maximum atomic E-state index is 14.0. The summed E-state index contributed by atoms with van der Waals surface area (Å²) in [6.45, 7) is 3.86. The van der Waals surface area contributed by atoms with Crippen molar-refractivity contribution >= 4 is 16.6 Å². The van der Waals surface area contributed by atoms with E-state index in [9.17, 15) is 4.39 Å². The number of aryl methyl sites for hydroxylation is 2. The van der Waals surface area contributed by atoms with E-state index in [4.69, 9.17) is 10.3 Å². The highest BCUT2D eigenvalue weighted by Gasteiger charge is 2.14. The number of aromatic amines is 1. The predicted molar refractivity (Wildman–Crippen MR) is 67.6 cm³/mol. The molecular weight excluding hydrogens is 233 g/mol. The summed E-state index contributed by atoms with van der Waals surface area (Å²) in [5.41, 5.74) is 9.19. The number of nitrogens with zero attached hydrogens (tertiary/aromatic N) is 1. The van der Waals surface area contributed by atoms with Crippen molar-refractivity contribution in [1.82, 2.24) is 10.1 Å². The SMILES string of the molecule is Cc1[nH]c2c(F)cc(-c3oncc3N)cc2c1C. The van der Waals surface area contributed by atoms with Crippen LogP contribution in [-0.2, 0) is 0 Å². The summed E-state index contributed by atoms with van der Waals surface area (Å²) in [5.74, 6) is 0.0727. The van der Waals surface area contributed by atoms with E-state index in [1.165, 1.54) is 12.3 Å². The van der Waals surface area contributed by atoms with E-state index in [0.717, 1.165) is 16.6 Å². The number of benzene rings is 1. The topological polar surface area (TPSA) is 67.8 Å². The highest BCUT2D eigenvalue weighted by Crippen LogP contribution is 2.32. The van der Waals surface area contributed by atoms with Gasteiger partial charge in [0.2, 0.25) is 0 Å². The zero-order valence-corrected chi connectivity index (χ0v) is 10.0. The molecular formula is C13H12FN3O. The fourth-order valence-corrected chi connectivity index (χ4v) is 2.11. The highest BCUT2D eigenvalue weighted by atomic mass is 19.1. The molecule has 2 heterocycles. The number of fused-ring (bicyclic) bond motifs is 1. The zero-order chi connectivity index (χ0) is 12.9. The molecule has 0 saturated heterocycles. The van der Waals surface area contributed by atoms with E-state index >= 15 is 0 Å². The number of hydrogen-bond acceptors (Lipinski definition) is 3. The van der Waals surface area contributed by atoms with Crippen molar-refractivity contribution in [3.63, 3.8) is 0 Å². The molecule has 3 rings (SSSR count). The molecule has 0 aliphatic carbocycles. The van der Waals surface area contributed by atoms with E-state index < -0.39 is 0 Å². The normalized spacial score (nSPS) is 11.3. The molecule has 18 heavy (non-hydrogen) atoms. The third-order valence-corrected chi connectivity index (χ3v) is 3.23. The molecule has 0 radical (unpaired) electrons. The first-order valence-electron chi connectivity index (χ1n) is 5.57. The van der Waals surface area contributed by atoms with Gasteiger partial charge in [0, 0.05) is 16.6 Å². The molecule has 3 N–H and O–H groups in total. The molecule has 0 bridgehead atoms. The van der Waals surface area contributed by atoms with Crippen LogP contribution in [0, 0.1) is 19.7 Å². The van der Waals surface area contributed by atoms with E-state index in [1.807, 2.05) is 19.9 Å². The molecule has 0 spiro atoms. The number of hydrogen-bond donors (Lipinski definition) is 2. The van der Waals surface area contributed by atoms with Crippen molar-refractivity contribution < 1.29 is 8.91 Å². The molecule has 0 fully saturated rings. The first kappa shape index (κ1) is 10.8. The van der Waals surface area contributed by atoms with Crippen LogP contribution in [0.4, 0.5) is 10.1 Å². The number of nitrogens with two attached hydrogens (primary N) is 1. The maximum Gasteiger partial charge on any atom is 0.189 e. The lowest BCUT2D eigenvalue weighted by Gasteiger charge is -2.00. The van der Waals surface area contributed by atoms with E-state index in [0.29, 0.717) is 22.5 Å². The fourth-order valence-electron chi connectivity index (χ4n) is 2.11. The predicted octanol–water partition coefficient (Wildman–Crippen LogP) is 3.16. The lowest BCUT2D eigenvalue weighted by atomic mass is 10.1. The number of anilines is 1. The Kier molecular flexibility index (Phi) is 2.16. The van der Waals surface area contributed by atoms with Crippen molar-refractivity contribution in [2.24, 2.45) is 0 Å². The minimum Gasteiger partial charge on any atom is -0.394 e. The summed E-state index contributed by atoms with van der Waals surface area (Å²) in [4.78, 5) is 3.03. The highest BCUT2D eigenvalue weighted by molar-refractivity contribution is 5.90. The maximum absolute atomic E-state index is 14.0. The fraction of sp³-hybridized carbons (Fsp3) is 0.154. The Morgan fingerprint density at radius 2 is 2.11 bits per heavy atom. The van der Waals surface area contributed by atoms with Crippen molar-refractivity contribution in [3.05, 3.63) is 35.4 Å². The lowest BCUT2D eigenvalue weighted by Crippen LogP contribution is -1.87. The van der Waals surface area contributed by atoms with Gasteiger partial charge in [0.25, 0.3) is 0 Å². The molecule has 4 nitrogen and oxygen atoms in total. The van der Waals surface area contributed by atoms with Gasteiger partial charge in [0.1, 0.15) is 11.5 Å². The van der Waals surface area contributed by atoms with Gasteiger partial charge in [-0.3, -0.25) is 0 Å². The molecule has 2 aromatic heterocycles. The van der Waals surface area contributed by atoms with Crippen LogP contribution in [-0.4, -0.2) is 10.1 Å². The summed E-state index contributed by atoms with van der Waals surface area (Å²) in [6.07, 6.45) is 1.41. The Hall–Kier alpha value is -2.30. The molecule has 0 aliphatic heterocycles. The Labute approximate surface area is 103 Å². The van der Waals surface area contributed by atoms with E-state index in [-0.39, 0.29) is 5.82 Å². The van der Waals surface area contributed by atoms with Crippen LogP contribution in [0.15, 0.2) is 22.9 Å². The summed E-state index contributed by atoms with van der Waals surface area (Å²) in [6, 6.07) is 3.25. The first-order chi connectivity index (χ1) is 8.58. The molecule has 92 valence electrons. The van der Waals surface area contributed by atoms with Crippen LogP contribution in [0.2, 0.25) is 0 Å². The van der Waals surface area contributed by atoms with Crippen LogP contribution in [0.5, 0.6) is 0 Å². The second kappa shape index (κ2) is 3.60. The third-order valence-electron chi connectivity index (χ3n) is 3.23. The summed E-state index contributed by atoms with van der Waals surface area (Å²) >= 11 is 0. The third kappa shape index (κ3) is 1.40. The molecule has 0 aliphatic rings. The Morgan fingerprint density at radius 3 is 2.78 bits per heavy atom. The van der Waals surface area contributed by atoms with Crippen molar-refractivity contribution in [1.29, 1.82) is 0 Å². The standard InChI is InChI=1S/C13H12FN3O/c1-6-7(2)17-12-9(6)3-8(4-10(12)14)13-11(15)5-16-18-13/h3-5,17H,15H2,1-2H3. The van der Waals surface area contributed by atoms with Gasteiger partial charge in [0.05, 0.1) is 11.7 Å². The molecule has 3 aromatic rings. The molecule has 1 aromatic carbocycles. The minimum absolute atomic E-state index is 0.325. The van der Waals surface area contributed by atoms with Crippen LogP contribution >= 0.6 is 0 Å². The van der Waals surface area contributed by atoms with Gasteiger partial charge in [0.15, 0.2) is 5.76 Å². The van der Waals surface area contributed by atoms with E-state index in [2.05, 4.69) is 10.1 Å². The van der Waals surface area contributed by atoms with Gasteiger partial charge < -0.3 is 15.2 Å². The van der Waals surface area contributed by atoms with E-state index in [1.54, 1.807) is 0 Å². The Balaban J connectivity index is 2.33. The largest absolute Gasteiger partial charge is 0.394 e. The zero-order valence-electron chi connectivity index (χ0n) is 10.0. The average Bonchev–Trinajstić information content (AvgIpc) is 2.87. The second-order valence-corrected chi connectivity index (χ2v) is 4.37. The van der Waals surface area contributed by atoms with Gasteiger partial charge in [-0.15, -0.1) is 0 Å². The van der Waals surface area contributed by atoms with Crippen LogP contribution < -0.4 is 5.73 Å². The second-order valence-electron chi connectivity index (χ2n) is 4.37. The Bertz CT molecular complexity index is 742. The average molecular weight is 245 g/mol. The van der Waals surface area contributed by atoms with Crippen molar-refractivity contribution in [3.8, 4) is 11.3 Å². The van der Waals surface area contributed by atoms with Crippen molar-refractivity contribution in [2.75, 3.05) is 5.73 Å². The van der Waals surface area contributed by atoms with Crippen LogP contribution in [0.25, 0.3) is 22.2 Å². The number of nitrogens with one attached hydrogen (secondary N) is 1. The molecule has 0 unspecified atom stereocenters. The monoisotopic (exact) mass is 245 g/mol. The molecule has 0 amide bonds. The summed E-state index contributed by atoms with van der Waals surface area (Å²) in [5, 5.41) is 4.44. The number of rotatable bonds is 1.